The third-order valence-electron chi connectivity index (χ3n) is 3.36. The molecule has 114 valence electrons. The zero-order valence-corrected chi connectivity index (χ0v) is 12.2. The number of rotatable bonds is 5. The first-order valence-corrected chi connectivity index (χ1v) is 7.41. The number of aryl methyl sites for hydroxylation is 1. The smallest absolute Gasteiger partial charge is 0.313 e. The maximum Gasteiger partial charge on any atom is 0.419 e. The van der Waals surface area contributed by atoms with Crippen molar-refractivity contribution < 1.29 is 17.6 Å². The second-order valence-electron chi connectivity index (χ2n) is 4.72. The Kier molecular flexibility index (Phi) is 5.00. The molecule has 1 aromatic carbocycles. The molecule has 0 fully saturated rings. The summed E-state index contributed by atoms with van der Waals surface area (Å²) in [5.41, 5.74) is -0.0500. The van der Waals surface area contributed by atoms with Crippen LogP contribution in [0.1, 0.15) is 29.2 Å². The van der Waals surface area contributed by atoms with Crippen LogP contribution in [0.25, 0.3) is 0 Å². The van der Waals surface area contributed by atoms with Crippen molar-refractivity contribution in [1.29, 1.82) is 0 Å². The minimum absolute atomic E-state index is 0.0579. The second kappa shape index (κ2) is 6.58. The highest BCUT2D eigenvalue weighted by Crippen LogP contribution is 2.34. The second-order valence-corrected chi connectivity index (χ2v) is 5.50. The van der Waals surface area contributed by atoms with Crippen molar-refractivity contribution in [1.82, 2.24) is 5.32 Å². The number of benzene rings is 1. The highest BCUT2D eigenvalue weighted by atomic mass is 32.1. The molecule has 1 nitrogen and oxygen atoms in total. The first kappa shape index (κ1) is 16.0. The van der Waals surface area contributed by atoms with Crippen LogP contribution in [0.3, 0.4) is 0 Å². The summed E-state index contributed by atoms with van der Waals surface area (Å²) in [6.07, 6.45) is -3.46. The van der Waals surface area contributed by atoms with Gasteiger partial charge in [0.25, 0.3) is 0 Å². The zero-order chi connectivity index (χ0) is 15.5. The Morgan fingerprint density at radius 1 is 1.24 bits per heavy atom. The van der Waals surface area contributed by atoms with Crippen molar-refractivity contribution in [2.24, 2.45) is 0 Å². The summed E-state index contributed by atoms with van der Waals surface area (Å²) in [4.78, 5) is 0. The molecule has 0 saturated heterocycles. The molecule has 6 heteroatoms. The van der Waals surface area contributed by atoms with E-state index in [1.54, 1.807) is 18.4 Å². The van der Waals surface area contributed by atoms with Gasteiger partial charge in [-0.2, -0.15) is 24.5 Å². The van der Waals surface area contributed by atoms with Crippen LogP contribution >= 0.6 is 11.3 Å². The topological polar surface area (TPSA) is 12.0 Å². The lowest BCUT2D eigenvalue weighted by atomic mass is 9.97. The molecule has 0 radical (unpaired) electrons. The molecule has 0 aliphatic heterocycles. The molecule has 0 aliphatic carbocycles. The molecule has 1 unspecified atom stereocenters. The van der Waals surface area contributed by atoms with Gasteiger partial charge in [-0.3, -0.25) is 0 Å². The van der Waals surface area contributed by atoms with Gasteiger partial charge in [0.15, 0.2) is 0 Å². The first-order valence-electron chi connectivity index (χ1n) is 6.47. The van der Waals surface area contributed by atoms with E-state index in [-0.39, 0.29) is 5.56 Å². The van der Waals surface area contributed by atoms with Gasteiger partial charge in [0, 0.05) is 11.6 Å². The van der Waals surface area contributed by atoms with Gasteiger partial charge in [-0.25, -0.2) is 4.39 Å². The van der Waals surface area contributed by atoms with Crippen LogP contribution in [-0.2, 0) is 12.6 Å². The van der Waals surface area contributed by atoms with Crippen LogP contribution in [0.5, 0.6) is 0 Å². The molecule has 0 bridgehead atoms. The normalized spacial score (nSPS) is 13.4. The van der Waals surface area contributed by atoms with Gasteiger partial charge in [-0.1, -0.05) is 12.1 Å². The summed E-state index contributed by atoms with van der Waals surface area (Å²) < 4.78 is 52.4. The Morgan fingerprint density at radius 2 is 2.00 bits per heavy atom. The SMILES string of the molecule is CNC(CCc1ccsc1)c1cccc(C(F)(F)F)c1F. The molecule has 2 rings (SSSR count). The number of hydrogen-bond acceptors (Lipinski definition) is 2. The average molecular weight is 317 g/mol. The standard InChI is InChI=1S/C15H15F4NS/c1-20-13(6-5-10-7-8-21-9-10)11-3-2-4-12(14(11)16)15(17,18)19/h2-4,7-9,13,20H,5-6H2,1H3. The molecule has 1 atom stereocenters. The number of alkyl halides is 3. The molecule has 21 heavy (non-hydrogen) atoms. The van der Waals surface area contributed by atoms with Crippen LogP contribution in [0.15, 0.2) is 35.0 Å². The molecule has 2 aromatic rings. The van der Waals surface area contributed by atoms with E-state index >= 15 is 0 Å². The molecule has 1 N–H and O–H groups in total. The van der Waals surface area contributed by atoms with Crippen LogP contribution in [0, 0.1) is 5.82 Å². The van der Waals surface area contributed by atoms with Crippen molar-refractivity contribution in [3.8, 4) is 0 Å². The first-order chi connectivity index (χ1) is 9.93. The lowest BCUT2D eigenvalue weighted by molar-refractivity contribution is -0.140. The van der Waals surface area contributed by atoms with Crippen molar-refractivity contribution in [2.75, 3.05) is 7.05 Å². The monoisotopic (exact) mass is 317 g/mol. The summed E-state index contributed by atoms with van der Waals surface area (Å²) >= 11 is 1.56. The quantitative estimate of drug-likeness (QED) is 0.781. The predicted octanol–water partition coefficient (Wildman–Crippen LogP) is 4.80. The molecule has 0 aliphatic rings. The average Bonchev–Trinajstić information content (AvgIpc) is 2.93. The molecular formula is C15H15F4NS. The fraction of sp³-hybridized carbons (Fsp3) is 0.333. The van der Waals surface area contributed by atoms with Crippen molar-refractivity contribution in [3.63, 3.8) is 0 Å². The van der Waals surface area contributed by atoms with E-state index < -0.39 is 23.6 Å². The number of nitrogens with one attached hydrogen (secondary N) is 1. The van der Waals surface area contributed by atoms with Crippen LogP contribution in [0.2, 0.25) is 0 Å². The summed E-state index contributed by atoms with van der Waals surface area (Å²) in [6.45, 7) is 0. The fourth-order valence-corrected chi connectivity index (χ4v) is 2.94. The Hall–Kier alpha value is -1.40. The van der Waals surface area contributed by atoms with E-state index in [1.165, 1.54) is 12.1 Å². The van der Waals surface area contributed by atoms with E-state index in [0.717, 1.165) is 11.6 Å². The minimum atomic E-state index is -4.67. The number of thiophene rings is 1. The summed E-state index contributed by atoms with van der Waals surface area (Å²) in [5, 5.41) is 6.82. The van der Waals surface area contributed by atoms with Gasteiger partial charge in [0.1, 0.15) is 5.82 Å². The summed E-state index contributed by atoms with van der Waals surface area (Å²) in [5.74, 6) is -1.19. The van der Waals surface area contributed by atoms with Gasteiger partial charge in [0.2, 0.25) is 0 Å². The Bertz CT molecular complexity index is 578. The molecule has 0 amide bonds. The minimum Gasteiger partial charge on any atom is -0.313 e. The molecule has 1 heterocycles. The molecule has 1 aromatic heterocycles. The molecule has 0 spiro atoms. The Balaban J connectivity index is 2.22. The highest BCUT2D eigenvalue weighted by molar-refractivity contribution is 7.07. The molecular weight excluding hydrogens is 302 g/mol. The maximum atomic E-state index is 14.1. The lowest BCUT2D eigenvalue weighted by Gasteiger charge is -2.19. The van der Waals surface area contributed by atoms with Crippen LogP contribution < -0.4 is 5.32 Å². The van der Waals surface area contributed by atoms with E-state index in [4.69, 9.17) is 0 Å². The van der Waals surface area contributed by atoms with E-state index in [0.29, 0.717) is 12.8 Å². The fourth-order valence-electron chi connectivity index (χ4n) is 2.24. The van der Waals surface area contributed by atoms with Gasteiger partial charge in [-0.15, -0.1) is 0 Å². The van der Waals surface area contributed by atoms with Gasteiger partial charge in [-0.05, 0) is 48.3 Å². The summed E-state index contributed by atoms with van der Waals surface area (Å²) in [7, 11) is 1.62. The van der Waals surface area contributed by atoms with Gasteiger partial charge < -0.3 is 5.32 Å². The van der Waals surface area contributed by atoms with E-state index in [2.05, 4.69) is 5.32 Å². The van der Waals surface area contributed by atoms with Crippen molar-refractivity contribution in [3.05, 3.63) is 57.5 Å². The number of hydrogen-bond donors (Lipinski definition) is 1. The Labute approximate surface area is 124 Å². The maximum absolute atomic E-state index is 14.1. The van der Waals surface area contributed by atoms with Gasteiger partial charge in [0.05, 0.1) is 5.56 Å². The lowest BCUT2D eigenvalue weighted by Crippen LogP contribution is -2.20. The van der Waals surface area contributed by atoms with E-state index in [1.807, 2.05) is 16.8 Å². The highest BCUT2D eigenvalue weighted by Gasteiger charge is 2.35. The third kappa shape index (κ3) is 3.83. The number of halogens is 4. The zero-order valence-electron chi connectivity index (χ0n) is 11.4. The largest absolute Gasteiger partial charge is 0.419 e. The third-order valence-corrected chi connectivity index (χ3v) is 4.09. The summed E-state index contributed by atoms with van der Waals surface area (Å²) in [6, 6.07) is 4.92. The van der Waals surface area contributed by atoms with Gasteiger partial charge >= 0.3 is 6.18 Å². The Morgan fingerprint density at radius 3 is 2.57 bits per heavy atom. The van der Waals surface area contributed by atoms with Crippen LogP contribution in [0.4, 0.5) is 17.6 Å². The van der Waals surface area contributed by atoms with Crippen LogP contribution in [-0.4, -0.2) is 7.05 Å². The van der Waals surface area contributed by atoms with E-state index in [9.17, 15) is 17.6 Å². The molecule has 0 saturated carbocycles. The van der Waals surface area contributed by atoms with Crippen molar-refractivity contribution >= 4 is 11.3 Å². The predicted molar refractivity (Wildman–Crippen MR) is 75.8 cm³/mol. The van der Waals surface area contributed by atoms with Crippen molar-refractivity contribution in [2.45, 2.75) is 25.1 Å².